The molecule has 0 fully saturated rings. The van der Waals surface area contributed by atoms with E-state index in [9.17, 15) is 10.1 Å². The first-order valence-electron chi connectivity index (χ1n) is 5.55. The van der Waals surface area contributed by atoms with Gasteiger partial charge < -0.3 is 0 Å². The standard InChI is InChI=1S/C13H9Cl2N3O2/c14-12-6-1-9(7-13(12)15)8-16-17-10-2-4-11(5-3-10)18(19)20/h1-8,17H/b16-8-. The van der Waals surface area contributed by atoms with E-state index < -0.39 is 4.92 Å². The van der Waals surface area contributed by atoms with E-state index in [0.29, 0.717) is 15.7 Å². The summed E-state index contributed by atoms with van der Waals surface area (Å²) in [5.41, 5.74) is 4.23. The number of hydrogen-bond donors (Lipinski definition) is 1. The summed E-state index contributed by atoms with van der Waals surface area (Å²) in [7, 11) is 0. The average molecular weight is 310 g/mol. The van der Waals surface area contributed by atoms with Crippen LogP contribution in [0.1, 0.15) is 5.56 Å². The molecule has 0 aromatic heterocycles. The Hall–Kier alpha value is -2.11. The maximum absolute atomic E-state index is 10.5. The molecule has 0 aliphatic rings. The first-order chi connectivity index (χ1) is 9.56. The maximum Gasteiger partial charge on any atom is 0.269 e. The molecule has 0 atom stereocenters. The quantitative estimate of drug-likeness (QED) is 0.518. The zero-order chi connectivity index (χ0) is 14.5. The van der Waals surface area contributed by atoms with E-state index in [1.54, 1.807) is 36.5 Å². The van der Waals surface area contributed by atoms with Gasteiger partial charge in [0.25, 0.3) is 5.69 Å². The predicted octanol–water partition coefficient (Wildman–Crippen LogP) is 4.35. The molecule has 1 N–H and O–H groups in total. The number of hydrogen-bond acceptors (Lipinski definition) is 4. The lowest BCUT2D eigenvalue weighted by atomic mass is 10.2. The third-order valence-electron chi connectivity index (χ3n) is 2.43. The molecule has 20 heavy (non-hydrogen) atoms. The van der Waals surface area contributed by atoms with E-state index in [2.05, 4.69) is 10.5 Å². The van der Waals surface area contributed by atoms with Crippen LogP contribution < -0.4 is 5.43 Å². The van der Waals surface area contributed by atoms with Crippen molar-refractivity contribution in [2.75, 3.05) is 5.43 Å². The van der Waals surface area contributed by atoms with Crippen LogP contribution in [-0.2, 0) is 0 Å². The normalized spacial score (nSPS) is 10.7. The van der Waals surface area contributed by atoms with Crippen LogP contribution in [0.25, 0.3) is 0 Å². The first-order valence-corrected chi connectivity index (χ1v) is 6.30. The number of nitrogens with one attached hydrogen (secondary N) is 1. The zero-order valence-electron chi connectivity index (χ0n) is 10.1. The van der Waals surface area contributed by atoms with Gasteiger partial charge in [0.1, 0.15) is 0 Å². The van der Waals surface area contributed by atoms with Crippen molar-refractivity contribution in [2.24, 2.45) is 5.10 Å². The molecule has 0 amide bonds. The highest BCUT2D eigenvalue weighted by Gasteiger charge is 2.02. The Morgan fingerprint density at radius 3 is 2.40 bits per heavy atom. The minimum atomic E-state index is -0.456. The number of nitro groups is 1. The van der Waals surface area contributed by atoms with Crippen LogP contribution in [0.2, 0.25) is 10.0 Å². The molecule has 0 aliphatic heterocycles. The number of benzene rings is 2. The number of anilines is 1. The van der Waals surface area contributed by atoms with Gasteiger partial charge in [0.15, 0.2) is 0 Å². The van der Waals surface area contributed by atoms with Crippen molar-refractivity contribution >= 4 is 40.8 Å². The molecule has 0 aliphatic carbocycles. The smallest absolute Gasteiger partial charge is 0.269 e. The van der Waals surface area contributed by atoms with Crippen molar-refractivity contribution < 1.29 is 4.92 Å². The number of rotatable bonds is 4. The van der Waals surface area contributed by atoms with Crippen LogP contribution in [-0.4, -0.2) is 11.1 Å². The SMILES string of the molecule is O=[N+]([O-])c1ccc(N/N=C\c2ccc(Cl)c(Cl)c2)cc1. The van der Waals surface area contributed by atoms with Crippen molar-refractivity contribution in [1.29, 1.82) is 0 Å². The van der Waals surface area contributed by atoms with Crippen molar-refractivity contribution in [3.63, 3.8) is 0 Å². The Morgan fingerprint density at radius 1 is 1.10 bits per heavy atom. The van der Waals surface area contributed by atoms with Gasteiger partial charge in [0.05, 0.1) is 26.9 Å². The first kappa shape index (κ1) is 14.3. The van der Waals surface area contributed by atoms with Crippen LogP contribution in [0, 0.1) is 10.1 Å². The minimum absolute atomic E-state index is 0.0315. The van der Waals surface area contributed by atoms with Crippen molar-refractivity contribution in [3.8, 4) is 0 Å². The fraction of sp³-hybridized carbons (Fsp3) is 0. The second-order valence-corrected chi connectivity index (χ2v) is 4.66. The highest BCUT2D eigenvalue weighted by atomic mass is 35.5. The molecule has 7 heteroatoms. The van der Waals surface area contributed by atoms with Crippen molar-refractivity contribution in [2.45, 2.75) is 0 Å². The molecule has 0 radical (unpaired) electrons. The van der Waals surface area contributed by atoms with Gasteiger partial charge in [-0.1, -0.05) is 29.3 Å². The molecule has 0 bridgehead atoms. The topological polar surface area (TPSA) is 67.5 Å². The van der Waals surface area contributed by atoms with Gasteiger partial charge in [-0.2, -0.15) is 5.10 Å². The highest BCUT2D eigenvalue weighted by molar-refractivity contribution is 6.42. The Labute approximate surface area is 125 Å². The third kappa shape index (κ3) is 3.69. The van der Waals surface area contributed by atoms with Crippen LogP contribution in [0.5, 0.6) is 0 Å². The fourth-order valence-corrected chi connectivity index (χ4v) is 1.74. The van der Waals surface area contributed by atoms with E-state index in [1.807, 2.05) is 0 Å². The summed E-state index contributed by atoms with van der Waals surface area (Å²) >= 11 is 11.7. The molecule has 2 aromatic carbocycles. The maximum atomic E-state index is 10.5. The van der Waals surface area contributed by atoms with Gasteiger partial charge in [0, 0.05) is 12.1 Å². The Bertz CT molecular complexity index is 657. The number of nitro benzene ring substituents is 1. The molecule has 2 rings (SSSR count). The van der Waals surface area contributed by atoms with E-state index >= 15 is 0 Å². The van der Waals surface area contributed by atoms with Crippen LogP contribution in [0.3, 0.4) is 0 Å². The lowest BCUT2D eigenvalue weighted by Gasteiger charge is -2.00. The van der Waals surface area contributed by atoms with Gasteiger partial charge in [-0.15, -0.1) is 0 Å². The zero-order valence-corrected chi connectivity index (χ0v) is 11.6. The molecule has 0 saturated heterocycles. The summed E-state index contributed by atoms with van der Waals surface area (Å²) < 4.78 is 0. The number of halogens is 2. The highest BCUT2D eigenvalue weighted by Crippen LogP contribution is 2.22. The lowest BCUT2D eigenvalue weighted by molar-refractivity contribution is -0.384. The van der Waals surface area contributed by atoms with Crippen LogP contribution in [0.15, 0.2) is 47.6 Å². The summed E-state index contributed by atoms with van der Waals surface area (Å²) in [5.74, 6) is 0. The molecule has 2 aromatic rings. The summed E-state index contributed by atoms with van der Waals surface area (Å²) in [4.78, 5) is 10.0. The summed E-state index contributed by atoms with van der Waals surface area (Å²) in [6, 6.07) is 11.1. The minimum Gasteiger partial charge on any atom is -0.278 e. The molecule has 0 spiro atoms. The third-order valence-corrected chi connectivity index (χ3v) is 3.17. The van der Waals surface area contributed by atoms with Crippen LogP contribution in [0.4, 0.5) is 11.4 Å². The van der Waals surface area contributed by atoms with Crippen LogP contribution >= 0.6 is 23.2 Å². The van der Waals surface area contributed by atoms with E-state index in [4.69, 9.17) is 23.2 Å². The number of non-ortho nitro benzene ring substituents is 1. The molecular weight excluding hydrogens is 301 g/mol. The summed E-state index contributed by atoms with van der Waals surface area (Å²) in [6.07, 6.45) is 1.57. The van der Waals surface area contributed by atoms with Gasteiger partial charge in [0.2, 0.25) is 0 Å². The van der Waals surface area contributed by atoms with E-state index in [1.165, 1.54) is 12.1 Å². The molecular formula is C13H9Cl2N3O2. The average Bonchev–Trinajstić information content (AvgIpc) is 2.43. The second-order valence-electron chi connectivity index (χ2n) is 3.85. The fourth-order valence-electron chi connectivity index (χ4n) is 1.43. The Morgan fingerprint density at radius 2 is 1.80 bits per heavy atom. The van der Waals surface area contributed by atoms with E-state index in [-0.39, 0.29) is 5.69 Å². The number of nitrogens with zero attached hydrogens (tertiary/aromatic N) is 2. The lowest BCUT2D eigenvalue weighted by Crippen LogP contribution is -1.92. The predicted molar refractivity (Wildman–Crippen MR) is 80.8 cm³/mol. The number of hydrazone groups is 1. The molecule has 0 saturated carbocycles. The summed E-state index contributed by atoms with van der Waals surface area (Å²) in [6.45, 7) is 0. The Kier molecular flexibility index (Phi) is 4.55. The van der Waals surface area contributed by atoms with Gasteiger partial charge in [-0.25, -0.2) is 0 Å². The summed E-state index contributed by atoms with van der Waals surface area (Å²) in [5, 5.41) is 15.4. The monoisotopic (exact) mass is 309 g/mol. The molecule has 0 heterocycles. The molecule has 0 unspecified atom stereocenters. The van der Waals surface area contributed by atoms with Gasteiger partial charge in [-0.05, 0) is 29.8 Å². The van der Waals surface area contributed by atoms with Crippen molar-refractivity contribution in [1.82, 2.24) is 0 Å². The van der Waals surface area contributed by atoms with Crippen molar-refractivity contribution in [3.05, 3.63) is 68.2 Å². The largest absolute Gasteiger partial charge is 0.278 e. The molecule has 102 valence electrons. The Balaban J connectivity index is 2.02. The van der Waals surface area contributed by atoms with E-state index in [0.717, 1.165) is 5.56 Å². The molecule has 5 nitrogen and oxygen atoms in total. The second kappa shape index (κ2) is 6.36. The van der Waals surface area contributed by atoms with Gasteiger partial charge in [-0.3, -0.25) is 15.5 Å². The van der Waals surface area contributed by atoms with Gasteiger partial charge >= 0.3 is 0 Å².